The minimum absolute atomic E-state index is 0.0306. The SMILES string of the molecule is O=C(C1CS(=O)C1)N1CC(F)(c2ccc(C3=NOC(c4cccc(C(F)(F)F)c4)(C(F)(F)F)C3)cn2)C1. The van der Waals surface area contributed by atoms with Gasteiger partial charge in [0.1, 0.15) is 0 Å². The molecular formula is C23H18F7N3O3S. The van der Waals surface area contributed by atoms with E-state index >= 15 is 4.39 Å². The summed E-state index contributed by atoms with van der Waals surface area (Å²) in [5.41, 5.74) is -7.27. The van der Waals surface area contributed by atoms with Gasteiger partial charge in [-0.3, -0.25) is 14.0 Å². The number of hydrogen-bond donors (Lipinski definition) is 0. The molecule has 0 radical (unpaired) electrons. The van der Waals surface area contributed by atoms with Crippen molar-refractivity contribution in [2.45, 2.75) is 30.0 Å². The zero-order chi connectivity index (χ0) is 26.8. The third kappa shape index (κ3) is 4.38. The Morgan fingerprint density at radius 3 is 2.35 bits per heavy atom. The van der Waals surface area contributed by atoms with Crippen LogP contribution >= 0.6 is 0 Å². The van der Waals surface area contributed by atoms with Gasteiger partial charge in [0.2, 0.25) is 5.91 Å². The van der Waals surface area contributed by atoms with Crippen LogP contribution < -0.4 is 0 Å². The number of amides is 1. The Bertz CT molecular complexity index is 1280. The number of rotatable bonds is 4. The second kappa shape index (κ2) is 8.50. The van der Waals surface area contributed by atoms with E-state index in [9.17, 15) is 35.3 Å². The van der Waals surface area contributed by atoms with Gasteiger partial charge < -0.3 is 9.74 Å². The van der Waals surface area contributed by atoms with Gasteiger partial charge in [-0.15, -0.1) is 0 Å². The number of carbonyl (C=O) groups excluding carboxylic acids is 1. The molecule has 3 aliphatic rings. The van der Waals surface area contributed by atoms with Crippen molar-refractivity contribution in [2.24, 2.45) is 11.1 Å². The first-order chi connectivity index (χ1) is 17.2. The highest BCUT2D eigenvalue weighted by Crippen LogP contribution is 2.49. The van der Waals surface area contributed by atoms with Crippen LogP contribution in [0.15, 0.2) is 47.8 Å². The molecule has 1 aromatic carbocycles. The lowest BCUT2D eigenvalue weighted by Crippen LogP contribution is -2.62. The number of oxime groups is 1. The quantitative estimate of drug-likeness (QED) is 0.540. The number of aromatic nitrogens is 1. The van der Waals surface area contributed by atoms with Crippen LogP contribution in [0, 0.1) is 5.92 Å². The summed E-state index contributed by atoms with van der Waals surface area (Å²) in [6, 6.07) is 5.34. The summed E-state index contributed by atoms with van der Waals surface area (Å²) in [4.78, 5) is 22.3. The van der Waals surface area contributed by atoms with Gasteiger partial charge in [-0.1, -0.05) is 17.3 Å². The monoisotopic (exact) mass is 549 g/mol. The first-order valence-electron chi connectivity index (χ1n) is 11.0. The Morgan fingerprint density at radius 1 is 1.08 bits per heavy atom. The number of nitrogens with zero attached hydrogens (tertiary/aromatic N) is 3. The Morgan fingerprint density at radius 2 is 1.78 bits per heavy atom. The molecule has 37 heavy (non-hydrogen) atoms. The summed E-state index contributed by atoms with van der Waals surface area (Å²) >= 11 is 0. The number of alkyl halides is 7. The van der Waals surface area contributed by atoms with Gasteiger partial charge in [-0.25, -0.2) is 4.39 Å². The van der Waals surface area contributed by atoms with Gasteiger partial charge in [0.05, 0.1) is 42.4 Å². The van der Waals surface area contributed by atoms with Crippen molar-refractivity contribution in [1.82, 2.24) is 9.88 Å². The number of pyridine rings is 1. The lowest BCUT2D eigenvalue weighted by atomic mass is 9.85. The molecule has 6 nitrogen and oxygen atoms in total. The van der Waals surface area contributed by atoms with Crippen LogP contribution in [0.4, 0.5) is 30.7 Å². The summed E-state index contributed by atoms with van der Waals surface area (Å²) in [5, 5.41) is 3.50. The topological polar surface area (TPSA) is 71.9 Å². The molecule has 0 aliphatic carbocycles. The van der Waals surface area contributed by atoms with E-state index in [2.05, 4.69) is 10.1 Å². The van der Waals surface area contributed by atoms with Crippen LogP contribution in [0.25, 0.3) is 0 Å². The molecule has 1 unspecified atom stereocenters. The molecule has 1 amide bonds. The Hall–Kier alpha value is -3.03. The molecule has 0 bridgehead atoms. The molecule has 5 rings (SSSR count). The van der Waals surface area contributed by atoms with Crippen LogP contribution in [0.3, 0.4) is 0 Å². The molecule has 2 saturated heterocycles. The minimum atomic E-state index is -5.10. The normalized spacial score (nSPS) is 27.1. The van der Waals surface area contributed by atoms with Crippen LogP contribution in [-0.2, 0) is 37.9 Å². The molecule has 4 heterocycles. The van der Waals surface area contributed by atoms with Crippen LogP contribution in [0.5, 0.6) is 0 Å². The smallest absolute Gasteiger partial charge is 0.374 e. The van der Waals surface area contributed by atoms with Crippen LogP contribution in [0.1, 0.15) is 28.8 Å². The maximum Gasteiger partial charge on any atom is 0.435 e. The molecule has 14 heteroatoms. The molecule has 0 N–H and O–H groups in total. The van der Waals surface area contributed by atoms with Gasteiger partial charge in [-0.2, -0.15) is 26.3 Å². The predicted octanol–water partition coefficient (Wildman–Crippen LogP) is 4.07. The van der Waals surface area contributed by atoms with E-state index in [1.165, 1.54) is 17.0 Å². The maximum absolute atomic E-state index is 15.2. The zero-order valence-corrected chi connectivity index (χ0v) is 19.6. The Labute approximate surface area is 207 Å². The highest BCUT2D eigenvalue weighted by atomic mass is 32.2. The van der Waals surface area contributed by atoms with E-state index < -0.39 is 52.0 Å². The Kier molecular flexibility index (Phi) is 5.88. The van der Waals surface area contributed by atoms with Crippen molar-refractivity contribution < 1.29 is 44.6 Å². The predicted molar refractivity (Wildman–Crippen MR) is 116 cm³/mol. The number of halogens is 7. The fourth-order valence-electron chi connectivity index (χ4n) is 4.51. The van der Waals surface area contributed by atoms with Gasteiger partial charge in [0, 0.05) is 39.6 Å². The number of carbonyl (C=O) groups is 1. The van der Waals surface area contributed by atoms with E-state index in [4.69, 9.17) is 4.84 Å². The summed E-state index contributed by atoms with van der Waals surface area (Å²) in [5.74, 6) is -0.149. The highest BCUT2D eigenvalue weighted by molar-refractivity contribution is 7.86. The first-order valence-corrected chi connectivity index (χ1v) is 12.5. The molecule has 0 spiro atoms. The average molecular weight is 549 g/mol. The van der Waals surface area contributed by atoms with Crippen molar-refractivity contribution in [1.29, 1.82) is 0 Å². The third-order valence-corrected chi connectivity index (χ3v) is 8.26. The van der Waals surface area contributed by atoms with E-state index in [1.807, 2.05) is 0 Å². The fraction of sp³-hybridized carbons (Fsp3) is 0.435. The van der Waals surface area contributed by atoms with E-state index in [0.717, 1.165) is 18.3 Å². The van der Waals surface area contributed by atoms with Gasteiger partial charge >= 0.3 is 12.4 Å². The molecule has 0 saturated carbocycles. The van der Waals surface area contributed by atoms with E-state index in [-0.39, 0.29) is 53.4 Å². The van der Waals surface area contributed by atoms with Crippen molar-refractivity contribution in [3.05, 3.63) is 65.0 Å². The van der Waals surface area contributed by atoms with Crippen LogP contribution in [-0.4, -0.2) is 56.5 Å². The molecular weight excluding hydrogens is 531 g/mol. The summed E-state index contributed by atoms with van der Waals surface area (Å²) < 4.78 is 108. The Balaban J connectivity index is 1.32. The summed E-state index contributed by atoms with van der Waals surface area (Å²) in [6.45, 7) is -0.504. The molecule has 198 valence electrons. The van der Waals surface area contributed by atoms with Gasteiger partial charge in [-0.05, 0) is 24.3 Å². The molecule has 2 fully saturated rings. The summed E-state index contributed by atoms with van der Waals surface area (Å²) in [7, 11) is -1.02. The lowest BCUT2D eigenvalue weighted by molar-refractivity contribution is -0.276. The molecule has 1 aromatic heterocycles. The maximum atomic E-state index is 15.2. The molecule has 1 atom stereocenters. The molecule has 2 aromatic rings. The second-order valence-corrected chi connectivity index (χ2v) is 10.8. The zero-order valence-electron chi connectivity index (χ0n) is 18.8. The first kappa shape index (κ1) is 25.6. The van der Waals surface area contributed by atoms with Crippen molar-refractivity contribution in [3.8, 4) is 0 Å². The second-order valence-electron chi connectivity index (χ2n) is 9.27. The number of likely N-dealkylation sites (tertiary alicyclic amines) is 1. The van der Waals surface area contributed by atoms with Crippen molar-refractivity contribution in [2.75, 3.05) is 24.6 Å². The minimum Gasteiger partial charge on any atom is -0.374 e. The lowest BCUT2D eigenvalue weighted by Gasteiger charge is -2.46. The van der Waals surface area contributed by atoms with Gasteiger partial charge in [0.25, 0.3) is 5.60 Å². The van der Waals surface area contributed by atoms with Crippen LogP contribution in [0.2, 0.25) is 0 Å². The summed E-state index contributed by atoms with van der Waals surface area (Å²) in [6.07, 6.45) is -9.76. The highest BCUT2D eigenvalue weighted by Gasteiger charge is 2.62. The molecule has 3 aliphatic heterocycles. The van der Waals surface area contributed by atoms with Crippen molar-refractivity contribution >= 4 is 22.4 Å². The largest absolute Gasteiger partial charge is 0.435 e. The van der Waals surface area contributed by atoms with E-state index in [0.29, 0.717) is 12.1 Å². The van der Waals surface area contributed by atoms with Gasteiger partial charge in [0.15, 0.2) is 5.67 Å². The number of benzene rings is 1. The fourth-order valence-corrected chi connectivity index (χ4v) is 5.60. The van der Waals surface area contributed by atoms with Crippen molar-refractivity contribution in [3.63, 3.8) is 0 Å². The standard InChI is InChI=1S/C23H18F7N3O3S/c24-20(11-33(12-20)19(34)14-9-37(35)10-14)18-5-4-13(8-31-18)17-7-21(36-32-17,23(28,29)30)15-2-1-3-16(6-15)22(25,26)27/h1-6,8,14H,7,9-12H2. The van der Waals surface area contributed by atoms with E-state index in [1.54, 1.807) is 0 Å². The third-order valence-electron chi connectivity index (χ3n) is 6.72. The number of hydrogen-bond acceptors (Lipinski definition) is 5. The average Bonchev–Trinajstić information content (AvgIpc) is 3.26.